The summed E-state index contributed by atoms with van der Waals surface area (Å²) < 4.78 is 33.0. The Balaban J connectivity index is 2.98. The van der Waals surface area contributed by atoms with Crippen molar-refractivity contribution in [3.05, 3.63) is 18.0 Å². The number of hydrogen-bond acceptors (Lipinski definition) is 5. The van der Waals surface area contributed by atoms with Crippen molar-refractivity contribution in [1.82, 2.24) is 9.29 Å². The number of aliphatic hydroxyl groups excluding tert-OH is 1. The Morgan fingerprint density at radius 3 is 2.70 bits per heavy atom. The molecule has 1 aromatic heterocycles. The number of aryl methyl sites for hydroxylation is 1. The van der Waals surface area contributed by atoms with Gasteiger partial charge in [0, 0.05) is 33.0 Å². The Hall–Kier alpha value is -1.42. The number of ether oxygens (including phenoxy) is 1. The van der Waals surface area contributed by atoms with Crippen LogP contribution in [-0.2, 0) is 21.8 Å². The van der Waals surface area contributed by atoms with Gasteiger partial charge < -0.3 is 20.1 Å². The third kappa shape index (κ3) is 4.04. The van der Waals surface area contributed by atoms with E-state index in [0.29, 0.717) is 0 Å². The number of nitrogens with one attached hydrogen (secondary N) is 1. The first kappa shape index (κ1) is 16.6. The average Bonchev–Trinajstić information content (AvgIpc) is 2.72. The van der Waals surface area contributed by atoms with Gasteiger partial charge in [-0.05, 0) is 12.5 Å². The van der Waals surface area contributed by atoms with Gasteiger partial charge >= 0.3 is 0 Å². The SMILES string of the molecule is COCC(CCO)NS(=O)(=O)c1cc(C(N)=O)n(C)c1. The molecule has 9 heteroatoms. The minimum absolute atomic E-state index is 0.0622. The lowest BCUT2D eigenvalue weighted by Gasteiger charge is -2.16. The first-order chi connectivity index (χ1) is 9.31. The monoisotopic (exact) mass is 305 g/mol. The maximum atomic E-state index is 12.2. The van der Waals surface area contributed by atoms with E-state index in [0.717, 1.165) is 0 Å². The number of methoxy groups -OCH3 is 1. The Morgan fingerprint density at radius 1 is 1.60 bits per heavy atom. The van der Waals surface area contributed by atoms with Gasteiger partial charge in [0.25, 0.3) is 5.91 Å². The van der Waals surface area contributed by atoms with Gasteiger partial charge in [-0.3, -0.25) is 4.79 Å². The molecule has 1 unspecified atom stereocenters. The van der Waals surface area contributed by atoms with Gasteiger partial charge in [0.05, 0.1) is 6.61 Å². The van der Waals surface area contributed by atoms with Crippen LogP contribution in [0.15, 0.2) is 17.2 Å². The molecule has 114 valence electrons. The molecule has 20 heavy (non-hydrogen) atoms. The van der Waals surface area contributed by atoms with Crippen LogP contribution in [0, 0.1) is 0 Å². The van der Waals surface area contributed by atoms with Crippen LogP contribution in [0.3, 0.4) is 0 Å². The van der Waals surface area contributed by atoms with E-state index in [1.807, 2.05) is 0 Å². The zero-order valence-corrected chi connectivity index (χ0v) is 12.2. The standard InChI is InChI=1S/C11H19N3O5S/c1-14-6-9(5-10(14)11(12)16)20(17,18)13-8(3-4-15)7-19-2/h5-6,8,13,15H,3-4,7H2,1-2H3,(H2,12,16). The van der Waals surface area contributed by atoms with E-state index in [4.69, 9.17) is 15.6 Å². The topological polar surface area (TPSA) is 124 Å². The molecule has 0 aliphatic carbocycles. The van der Waals surface area contributed by atoms with Crippen molar-refractivity contribution in [2.45, 2.75) is 17.4 Å². The van der Waals surface area contributed by atoms with Crippen LogP contribution in [0.25, 0.3) is 0 Å². The lowest BCUT2D eigenvalue weighted by Crippen LogP contribution is -2.38. The van der Waals surface area contributed by atoms with Crippen LogP contribution in [0.2, 0.25) is 0 Å². The second-order valence-electron chi connectivity index (χ2n) is 4.32. The Labute approximate surface area is 117 Å². The van der Waals surface area contributed by atoms with Gasteiger partial charge in [0.15, 0.2) is 0 Å². The predicted molar refractivity (Wildman–Crippen MR) is 71.6 cm³/mol. The van der Waals surface area contributed by atoms with Crippen molar-refractivity contribution in [3.8, 4) is 0 Å². The van der Waals surface area contributed by atoms with E-state index in [9.17, 15) is 13.2 Å². The number of primary amides is 1. The number of carbonyl (C=O) groups is 1. The van der Waals surface area contributed by atoms with Gasteiger partial charge in [-0.2, -0.15) is 0 Å². The summed E-state index contributed by atoms with van der Waals surface area (Å²) in [6.45, 7) is -0.0346. The largest absolute Gasteiger partial charge is 0.396 e. The number of rotatable bonds is 8. The number of amides is 1. The summed E-state index contributed by atoms with van der Waals surface area (Å²) in [5, 5.41) is 8.90. The molecule has 0 saturated heterocycles. The highest BCUT2D eigenvalue weighted by Gasteiger charge is 2.23. The molecule has 0 saturated carbocycles. The van der Waals surface area contributed by atoms with Gasteiger partial charge in [-0.1, -0.05) is 0 Å². The Morgan fingerprint density at radius 2 is 2.25 bits per heavy atom. The van der Waals surface area contributed by atoms with Gasteiger partial charge in [0.2, 0.25) is 10.0 Å². The lowest BCUT2D eigenvalue weighted by atomic mass is 10.2. The van der Waals surface area contributed by atoms with Gasteiger partial charge in [-0.15, -0.1) is 0 Å². The highest BCUT2D eigenvalue weighted by Crippen LogP contribution is 2.14. The number of aliphatic hydroxyl groups is 1. The second-order valence-corrected chi connectivity index (χ2v) is 6.04. The third-order valence-corrected chi connectivity index (χ3v) is 4.20. The highest BCUT2D eigenvalue weighted by atomic mass is 32.2. The molecule has 8 nitrogen and oxygen atoms in total. The van der Waals surface area contributed by atoms with Crippen LogP contribution in [0.1, 0.15) is 16.9 Å². The molecular weight excluding hydrogens is 286 g/mol. The number of carbonyl (C=O) groups excluding carboxylic acids is 1. The summed E-state index contributed by atoms with van der Waals surface area (Å²) in [4.78, 5) is 11.1. The van der Waals surface area contributed by atoms with Crippen LogP contribution in [0.5, 0.6) is 0 Å². The van der Waals surface area contributed by atoms with Crippen LogP contribution in [-0.4, -0.2) is 50.4 Å². The number of aromatic nitrogens is 1. The molecule has 0 aliphatic rings. The fraction of sp³-hybridized carbons (Fsp3) is 0.545. The molecule has 0 radical (unpaired) electrons. The predicted octanol–water partition coefficient (Wildman–Crippen LogP) is -1.20. The first-order valence-corrected chi connectivity index (χ1v) is 7.38. The molecule has 0 fully saturated rings. The van der Waals surface area contributed by atoms with Crippen LogP contribution < -0.4 is 10.5 Å². The van der Waals surface area contributed by atoms with Crippen molar-refractivity contribution in [2.75, 3.05) is 20.3 Å². The van der Waals surface area contributed by atoms with E-state index < -0.39 is 22.0 Å². The fourth-order valence-electron chi connectivity index (χ4n) is 1.75. The molecule has 0 aromatic carbocycles. The van der Waals surface area contributed by atoms with Gasteiger partial charge in [-0.25, -0.2) is 13.1 Å². The van der Waals surface area contributed by atoms with E-state index in [1.54, 1.807) is 0 Å². The molecule has 0 spiro atoms. The molecule has 0 bridgehead atoms. The molecule has 0 aliphatic heterocycles. The second kappa shape index (κ2) is 6.84. The van der Waals surface area contributed by atoms with Crippen molar-refractivity contribution in [2.24, 2.45) is 12.8 Å². The zero-order valence-electron chi connectivity index (χ0n) is 11.4. The number of nitrogens with zero attached hydrogens (tertiary/aromatic N) is 1. The maximum Gasteiger partial charge on any atom is 0.265 e. The maximum absolute atomic E-state index is 12.2. The summed E-state index contributed by atoms with van der Waals surface area (Å²) in [5.41, 5.74) is 5.23. The minimum Gasteiger partial charge on any atom is -0.396 e. The summed E-state index contributed by atoms with van der Waals surface area (Å²) in [6.07, 6.45) is 1.52. The summed E-state index contributed by atoms with van der Waals surface area (Å²) in [6, 6.07) is 0.653. The minimum atomic E-state index is -3.81. The van der Waals surface area contributed by atoms with E-state index in [1.165, 1.54) is 31.0 Å². The smallest absolute Gasteiger partial charge is 0.265 e. The number of nitrogens with two attached hydrogens (primary N) is 1. The summed E-state index contributed by atoms with van der Waals surface area (Å²) >= 11 is 0. The fourth-order valence-corrected chi connectivity index (χ4v) is 3.07. The lowest BCUT2D eigenvalue weighted by molar-refractivity contribution is 0.0992. The summed E-state index contributed by atoms with van der Waals surface area (Å²) in [5.74, 6) is -0.710. The molecule has 1 heterocycles. The third-order valence-electron chi connectivity index (χ3n) is 2.71. The molecule has 1 atom stereocenters. The van der Waals surface area contributed by atoms with Crippen LogP contribution >= 0.6 is 0 Å². The zero-order chi connectivity index (χ0) is 15.3. The summed E-state index contributed by atoms with van der Waals surface area (Å²) in [7, 11) is -0.845. The quantitative estimate of drug-likeness (QED) is 0.556. The molecule has 1 aromatic rings. The van der Waals surface area contributed by atoms with E-state index in [2.05, 4.69) is 4.72 Å². The van der Waals surface area contributed by atoms with Crippen molar-refractivity contribution >= 4 is 15.9 Å². The number of sulfonamides is 1. The van der Waals surface area contributed by atoms with Crippen molar-refractivity contribution in [1.29, 1.82) is 0 Å². The van der Waals surface area contributed by atoms with E-state index >= 15 is 0 Å². The molecule has 1 amide bonds. The highest BCUT2D eigenvalue weighted by molar-refractivity contribution is 7.89. The average molecular weight is 305 g/mol. The molecule has 4 N–H and O–H groups in total. The van der Waals surface area contributed by atoms with E-state index in [-0.39, 0.29) is 30.2 Å². The molecular formula is C11H19N3O5S. The first-order valence-electron chi connectivity index (χ1n) is 5.90. The Kier molecular flexibility index (Phi) is 5.69. The van der Waals surface area contributed by atoms with Crippen molar-refractivity contribution < 1.29 is 23.1 Å². The normalized spacial score (nSPS) is 13.3. The van der Waals surface area contributed by atoms with Crippen LogP contribution in [0.4, 0.5) is 0 Å². The number of hydrogen-bond donors (Lipinski definition) is 3. The molecule has 1 rings (SSSR count). The van der Waals surface area contributed by atoms with Crippen molar-refractivity contribution in [3.63, 3.8) is 0 Å². The Bertz CT molecular complexity index is 561. The van der Waals surface area contributed by atoms with Gasteiger partial charge in [0.1, 0.15) is 10.6 Å².